The number of tetrazole rings is 1. The SMILES string of the molecule is CN(C)CCOc1ccc2[nH]c(=O)c(-c3nnn(Cc4cccc(OCc5ccc6ccccc6n5)c4)n3)c(CCN(C)C)c2c1. The topological polar surface area (TPSA) is 114 Å². The van der Waals surface area contributed by atoms with Gasteiger partial charge in [-0.1, -0.05) is 36.4 Å². The number of H-pyrrole nitrogens is 1. The second kappa shape index (κ2) is 13.9. The normalized spacial score (nSPS) is 11.6. The molecule has 0 saturated carbocycles. The number of nitrogens with zero attached hydrogens (tertiary/aromatic N) is 7. The lowest BCUT2D eigenvalue weighted by Crippen LogP contribution is -2.20. The van der Waals surface area contributed by atoms with Crippen molar-refractivity contribution in [2.75, 3.05) is 47.9 Å². The van der Waals surface area contributed by atoms with Crippen LogP contribution in [0.15, 0.2) is 83.7 Å². The summed E-state index contributed by atoms with van der Waals surface area (Å²) in [4.78, 5) is 26.8. The molecule has 1 N–H and O–H groups in total. The molecule has 0 fully saturated rings. The van der Waals surface area contributed by atoms with Crippen molar-refractivity contribution in [2.24, 2.45) is 0 Å². The van der Waals surface area contributed by atoms with Gasteiger partial charge in [0.25, 0.3) is 5.56 Å². The van der Waals surface area contributed by atoms with Gasteiger partial charge in [0, 0.05) is 29.4 Å². The van der Waals surface area contributed by atoms with Crippen LogP contribution < -0.4 is 15.0 Å². The molecule has 6 aromatic rings. The van der Waals surface area contributed by atoms with Crippen LogP contribution in [0.5, 0.6) is 11.5 Å². The van der Waals surface area contributed by atoms with Crippen molar-refractivity contribution >= 4 is 21.8 Å². The van der Waals surface area contributed by atoms with E-state index < -0.39 is 0 Å². The Hall–Kier alpha value is -5.13. The van der Waals surface area contributed by atoms with Crippen LogP contribution >= 0.6 is 0 Å². The quantitative estimate of drug-likeness (QED) is 0.201. The Morgan fingerprint density at radius 2 is 1.67 bits per heavy atom. The van der Waals surface area contributed by atoms with E-state index in [4.69, 9.17) is 14.5 Å². The average Bonchev–Trinajstić information content (AvgIpc) is 3.50. The zero-order valence-corrected chi connectivity index (χ0v) is 26.6. The van der Waals surface area contributed by atoms with Crippen molar-refractivity contribution in [3.63, 3.8) is 0 Å². The highest BCUT2D eigenvalue weighted by molar-refractivity contribution is 5.88. The molecule has 3 aromatic carbocycles. The predicted octanol–water partition coefficient (Wildman–Crippen LogP) is 4.40. The van der Waals surface area contributed by atoms with Crippen molar-refractivity contribution in [3.05, 3.63) is 106 Å². The van der Waals surface area contributed by atoms with E-state index in [2.05, 4.69) is 36.3 Å². The van der Waals surface area contributed by atoms with Crippen LogP contribution in [0, 0.1) is 0 Å². The van der Waals surface area contributed by atoms with Crippen molar-refractivity contribution in [1.29, 1.82) is 0 Å². The summed E-state index contributed by atoms with van der Waals surface area (Å²) in [6.07, 6.45) is 0.629. The molecule has 0 atom stereocenters. The monoisotopic (exact) mass is 618 g/mol. The molecule has 0 bridgehead atoms. The number of fused-ring (bicyclic) bond motifs is 2. The van der Waals surface area contributed by atoms with Crippen LogP contribution in [-0.4, -0.2) is 87.9 Å². The summed E-state index contributed by atoms with van der Waals surface area (Å²) in [6.45, 7) is 2.81. The lowest BCUT2D eigenvalue weighted by atomic mass is 9.99. The molecule has 3 aromatic heterocycles. The molecule has 0 radical (unpaired) electrons. The van der Waals surface area contributed by atoms with Crippen molar-refractivity contribution in [1.82, 2.24) is 40.0 Å². The molecule has 0 aliphatic heterocycles. The number of pyridine rings is 2. The van der Waals surface area contributed by atoms with Crippen LogP contribution in [0.25, 0.3) is 33.2 Å². The minimum Gasteiger partial charge on any atom is -0.492 e. The number of para-hydroxylation sites is 1. The molecule has 11 nitrogen and oxygen atoms in total. The number of benzene rings is 3. The standard InChI is InChI=1S/C35H38N8O3/c1-41(2)17-16-29-30-21-28(45-19-18-42(3)4)14-15-32(30)37-35(44)33(29)34-38-40-43(39-34)22-24-8-7-10-27(20-24)46-23-26-13-12-25-9-5-6-11-31(25)36-26/h5-15,20-21H,16-19,22-23H2,1-4H3,(H,37,44). The zero-order valence-electron chi connectivity index (χ0n) is 26.6. The van der Waals surface area contributed by atoms with Gasteiger partial charge >= 0.3 is 0 Å². The van der Waals surface area contributed by atoms with E-state index in [1.54, 1.807) is 0 Å². The fourth-order valence-electron chi connectivity index (χ4n) is 5.26. The first-order valence-corrected chi connectivity index (χ1v) is 15.3. The molecule has 0 unspecified atom stereocenters. The highest BCUT2D eigenvalue weighted by atomic mass is 16.5. The van der Waals surface area contributed by atoms with E-state index in [1.165, 1.54) is 4.80 Å². The molecular formula is C35H38N8O3. The number of rotatable bonds is 13. The Labute approximate surface area is 267 Å². The lowest BCUT2D eigenvalue weighted by Gasteiger charge is -2.15. The number of nitrogens with one attached hydrogen (secondary N) is 1. The van der Waals surface area contributed by atoms with Crippen molar-refractivity contribution in [3.8, 4) is 22.9 Å². The Bertz CT molecular complexity index is 2020. The number of hydrogen-bond acceptors (Lipinski definition) is 9. The zero-order chi connectivity index (χ0) is 32.0. The van der Waals surface area contributed by atoms with Crippen LogP contribution in [0.1, 0.15) is 16.8 Å². The molecule has 0 amide bonds. The summed E-state index contributed by atoms with van der Waals surface area (Å²) in [5, 5.41) is 15.3. The van der Waals surface area contributed by atoms with Gasteiger partial charge in [-0.25, -0.2) is 4.98 Å². The van der Waals surface area contributed by atoms with E-state index >= 15 is 0 Å². The molecule has 3 heterocycles. The van der Waals surface area contributed by atoms with Gasteiger partial charge in [0.05, 0.1) is 23.3 Å². The summed E-state index contributed by atoms with van der Waals surface area (Å²) in [7, 11) is 8.04. The summed E-state index contributed by atoms with van der Waals surface area (Å²) in [5.41, 5.74) is 4.51. The first-order valence-electron chi connectivity index (χ1n) is 15.3. The average molecular weight is 619 g/mol. The van der Waals surface area contributed by atoms with Crippen molar-refractivity contribution in [2.45, 2.75) is 19.6 Å². The Morgan fingerprint density at radius 3 is 2.52 bits per heavy atom. The molecule has 236 valence electrons. The maximum absolute atomic E-state index is 13.5. The first-order chi connectivity index (χ1) is 22.3. The highest BCUT2D eigenvalue weighted by Gasteiger charge is 2.20. The van der Waals surface area contributed by atoms with Crippen LogP contribution in [-0.2, 0) is 19.6 Å². The summed E-state index contributed by atoms with van der Waals surface area (Å²) in [6, 6.07) is 25.6. The molecule has 0 aliphatic rings. The van der Waals surface area contributed by atoms with Crippen LogP contribution in [0.2, 0.25) is 0 Å². The van der Waals surface area contributed by atoms with Crippen LogP contribution in [0.3, 0.4) is 0 Å². The fraction of sp³-hybridized carbons (Fsp3) is 0.286. The molecular weight excluding hydrogens is 580 g/mol. The molecule has 11 heteroatoms. The molecule has 6 rings (SSSR count). The van der Waals surface area contributed by atoms with E-state index in [0.29, 0.717) is 37.5 Å². The smallest absolute Gasteiger partial charge is 0.259 e. The second-order valence-electron chi connectivity index (χ2n) is 11.8. The maximum Gasteiger partial charge on any atom is 0.259 e. The third-order valence-corrected chi connectivity index (χ3v) is 7.65. The molecule has 0 spiro atoms. The van der Waals surface area contributed by atoms with Gasteiger partial charge in [-0.05, 0) is 93.4 Å². The van der Waals surface area contributed by atoms with Gasteiger partial charge in [-0.15, -0.1) is 10.2 Å². The second-order valence-corrected chi connectivity index (χ2v) is 11.8. The minimum absolute atomic E-state index is 0.250. The summed E-state index contributed by atoms with van der Waals surface area (Å²) < 4.78 is 12.1. The van der Waals surface area contributed by atoms with Crippen molar-refractivity contribution < 1.29 is 9.47 Å². The van der Waals surface area contributed by atoms with E-state index in [0.717, 1.165) is 57.5 Å². The third kappa shape index (κ3) is 7.39. The van der Waals surface area contributed by atoms with Gasteiger partial charge in [-0.3, -0.25) is 4.79 Å². The molecule has 0 saturated heterocycles. The molecule has 0 aliphatic carbocycles. The van der Waals surface area contributed by atoms with E-state index in [9.17, 15) is 4.79 Å². The van der Waals surface area contributed by atoms with Gasteiger partial charge in [0.2, 0.25) is 5.82 Å². The fourth-order valence-corrected chi connectivity index (χ4v) is 5.26. The highest BCUT2D eigenvalue weighted by Crippen LogP contribution is 2.28. The van der Waals surface area contributed by atoms with E-state index in [1.807, 2.05) is 101 Å². The molecule has 46 heavy (non-hydrogen) atoms. The third-order valence-electron chi connectivity index (χ3n) is 7.65. The number of aromatic nitrogens is 6. The first kappa shape index (κ1) is 30.9. The van der Waals surface area contributed by atoms with E-state index in [-0.39, 0.29) is 11.4 Å². The minimum atomic E-state index is -0.250. The Kier molecular flexibility index (Phi) is 9.32. The van der Waals surface area contributed by atoms with Gasteiger partial charge in [0.1, 0.15) is 24.7 Å². The summed E-state index contributed by atoms with van der Waals surface area (Å²) >= 11 is 0. The van der Waals surface area contributed by atoms with Gasteiger partial charge in [-0.2, -0.15) is 4.80 Å². The lowest BCUT2D eigenvalue weighted by molar-refractivity contribution is 0.261. The van der Waals surface area contributed by atoms with Gasteiger partial charge < -0.3 is 24.3 Å². The Morgan fingerprint density at radius 1 is 0.848 bits per heavy atom. The number of aromatic amines is 1. The number of likely N-dealkylation sites (N-methyl/N-ethyl adjacent to an activating group) is 2. The predicted molar refractivity (Wildman–Crippen MR) is 179 cm³/mol. The summed E-state index contributed by atoms with van der Waals surface area (Å²) in [5.74, 6) is 1.74. The number of ether oxygens (including phenoxy) is 2. The van der Waals surface area contributed by atoms with Crippen LogP contribution in [0.4, 0.5) is 0 Å². The maximum atomic E-state index is 13.5. The number of hydrogen-bond donors (Lipinski definition) is 1. The van der Waals surface area contributed by atoms with Gasteiger partial charge in [0.15, 0.2) is 0 Å². The largest absolute Gasteiger partial charge is 0.492 e. The Balaban J connectivity index is 1.23.